The second-order valence-electron chi connectivity index (χ2n) is 4.18. The van der Waals surface area contributed by atoms with E-state index >= 15 is 0 Å². The lowest BCUT2D eigenvalue weighted by Gasteiger charge is -2.23. The number of rotatable bonds is 4. The molecule has 88 valence electrons. The van der Waals surface area contributed by atoms with Crippen LogP contribution in [0, 0.1) is 13.8 Å². The van der Waals surface area contributed by atoms with Crippen molar-refractivity contribution < 1.29 is 4.79 Å². The Balaban J connectivity index is 2.80. The Bertz CT molecular complexity index is 390. The Hall–Kier alpha value is -1.55. The predicted molar refractivity (Wildman–Crippen MR) is 66.4 cm³/mol. The van der Waals surface area contributed by atoms with Crippen LogP contribution >= 0.6 is 0 Å². The number of carbonyl (C=O) groups excluding carboxylic acids is 1. The number of carbonyl (C=O) groups is 1. The maximum atomic E-state index is 10.9. The molecule has 1 amide bonds. The van der Waals surface area contributed by atoms with Gasteiger partial charge in [0.15, 0.2) is 0 Å². The molecular formula is C12H19N3O. The normalized spacial score (nSPS) is 12.2. The Kier molecular flexibility index (Phi) is 3.90. The van der Waals surface area contributed by atoms with Crippen LogP contribution in [0.25, 0.3) is 0 Å². The molecule has 1 unspecified atom stereocenters. The Labute approximate surface area is 96.2 Å². The van der Waals surface area contributed by atoms with Crippen molar-refractivity contribution in [3.05, 3.63) is 29.3 Å². The van der Waals surface area contributed by atoms with E-state index in [4.69, 9.17) is 11.5 Å². The molecule has 0 aliphatic carbocycles. The van der Waals surface area contributed by atoms with Crippen molar-refractivity contribution in [3.63, 3.8) is 0 Å². The summed E-state index contributed by atoms with van der Waals surface area (Å²) in [6, 6.07) is 5.53. The highest BCUT2D eigenvalue weighted by Gasteiger charge is 2.13. The second-order valence-corrected chi connectivity index (χ2v) is 4.18. The van der Waals surface area contributed by atoms with Gasteiger partial charge < -0.3 is 16.4 Å². The van der Waals surface area contributed by atoms with Crippen molar-refractivity contribution in [2.45, 2.75) is 19.9 Å². The lowest BCUT2D eigenvalue weighted by atomic mass is 10.1. The van der Waals surface area contributed by atoms with Crippen molar-refractivity contribution in [2.75, 3.05) is 18.5 Å². The third-order valence-electron chi connectivity index (χ3n) is 2.60. The molecule has 0 radical (unpaired) electrons. The maximum Gasteiger partial charge on any atom is 0.236 e. The first-order valence-electron chi connectivity index (χ1n) is 5.25. The molecule has 1 rings (SSSR count). The van der Waals surface area contributed by atoms with Gasteiger partial charge in [-0.05, 0) is 25.5 Å². The second kappa shape index (κ2) is 4.99. The number of amides is 1. The van der Waals surface area contributed by atoms with Crippen LogP contribution in [0.5, 0.6) is 0 Å². The third kappa shape index (κ3) is 2.97. The number of nitrogens with two attached hydrogens (primary N) is 2. The van der Waals surface area contributed by atoms with E-state index in [-0.39, 0.29) is 0 Å². The number of anilines is 1. The number of likely N-dealkylation sites (N-methyl/N-ethyl adjacent to an activating group) is 1. The van der Waals surface area contributed by atoms with E-state index in [0.29, 0.717) is 6.54 Å². The molecule has 1 atom stereocenters. The minimum atomic E-state index is -0.634. The first-order valence-corrected chi connectivity index (χ1v) is 5.25. The standard InChI is InChI=1S/C12H19N3O/c1-8-4-5-11(9(2)6-8)15(3)7-10(13)12(14)16/h4-6,10H,7,13H2,1-3H3,(H2,14,16). The van der Waals surface area contributed by atoms with Gasteiger partial charge >= 0.3 is 0 Å². The summed E-state index contributed by atoms with van der Waals surface area (Å²) in [6.45, 7) is 4.51. The van der Waals surface area contributed by atoms with Gasteiger partial charge in [0.05, 0.1) is 0 Å². The summed E-state index contributed by atoms with van der Waals surface area (Å²) in [5, 5.41) is 0. The molecule has 0 aliphatic heterocycles. The van der Waals surface area contributed by atoms with Crippen LogP contribution in [0.3, 0.4) is 0 Å². The minimum absolute atomic E-state index is 0.430. The topological polar surface area (TPSA) is 72.3 Å². The first-order chi connectivity index (χ1) is 7.41. The van der Waals surface area contributed by atoms with E-state index < -0.39 is 11.9 Å². The smallest absolute Gasteiger partial charge is 0.236 e. The van der Waals surface area contributed by atoms with E-state index in [1.807, 2.05) is 37.9 Å². The van der Waals surface area contributed by atoms with E-state index in [2.05, 4.69) is 6.07 Å². The van der Waals surface area contributed by atoms with Gasteiger partial charge in [-0.2, -0.15) is 0 Å². The van der Waals surface area contributed by atoms with Gasteiger partial charge in [0.2, 0.25) is 5.91 Å². The molecule has 4 N–H and O–H groups in total. The molecule has 0 fully saturated rings. The number of aryl methyl sites for hydroxylation is 2. The molecular weight excluding hydrogens is 202 g/mol. The van der Waals surface area contributed by atoms with Crippen LogP contribution in [0.4, 0.5) is 5.69 Å². The summed E-state index contributed by atoms with van der Waals surface area (Å²) in [6.07, 6.45) is 0. The van der Waals surface area contributed by atoms with E-state index in [9.17, 15) is 4.79 Å². The fourth-order valence-corrected chi connectivity index (χ4v) is 1.72. The summed E-state index contributed by atoms with van der Waals surface area (Å²) in [5.74, 6) is -0.475. The molecule has 1 aromatic rings. The molecule has 0 saturated carbocycles. The zero-order chi connectivity index (χ0) is 12.3. The van der Waals surface area contributed by atoms with Gasteiger partial charge in [0, 0.05) is 19.3 Å². The summed E-state index contributed by atoms with van der Waals surface area (Å²) in [4.78, 5) is 12.8. The predicted octanol–water partition coefficient (Wildman–Crippen LogP) is 0.552. The molecule has 0 heterocycles. The molecule has 0 saturated heterocycles. The first kappa shape index (κ1) is 12.5. The largest absolute Gasteiger partial charge is 0.372 e. The van der Waals surface area contributed by atoms with Crippen LogP contribution in [-0.4, -0.2) is 25.5 Å². The third-order valence-corrected chi connectivity index (χ3v) is 2.60. The molecule has 4 nitrogen and oxygen atoms in total. The number of nitrogens with zero attached hydrogens (tertiary/aromatic N) is 1. The molecule has 4 heteroatoms. The van der Waals surface area contributed by atoms with E-state index in [0.717, 1.165) is 5.69 Å². The Morgan fingerprint density at radius 2 is 2.06 bits per heavy atom. The van der Waals surface area contributed by atoms with Crippen molar-refractivity contribution in [1.29, 1.82) is 0 Å². The average molecular weight is 221 g/mol. The zero-order valence-electron chi connectivity index (χ0n) is 10.0. The van der Waals surface area contributed by atoms with Crippen LogP contribution in [0.15, 0.2) is 18.2 Å². The summed E-state index contributed by atoms with van der Waals surface area (Å²) >= 11 is 0. The summed E-state index contributed by atoms with van der Waals surface area (Å²) in [5.41, 5.74) is 14.2. The highest BCUT2D eigenvalue weighted by Crippen LogP contribution is 2.19. The molecule has 16 heavy (non-hydrogen) atoms. The monoisotopic (exact) mass is 221 g/mol. The van der Waals surface area contributed by atoms with Crippen LogP contribution in [-0.2, 0) is 4.79 Å². The van der Waals surface area contributed by atoms with Gasteiger partial charge in [-0.15, -0.1) is 0 Å². The van der Waals surface area contributed by atoms with Crippen molar-refractivity contribution in [1.82, 2.24) is 0 Å². The van der Waals surface area contributed by atoms with Gasteiger partial charge in [-0.1, -0.05) is 17.7 Å². The summed E-state index contributed by atoms with van der Waals surface area (Å²) < 4.78 is 0. The zero-order valence-corrected chi connectivity index (χ0v) is 10.0. The van der Waals surface area contributed by atoms with E-state index in [1.165, 1.54) is 11.1 Å². The lowest BCUT2D eigenvalue weighted by molar-refractivity contribution is -0.119. The number of hydrogen-bond donors (Lipinski definition) is 2. The molecule has 0 bridgehead atoms. The van der Waals surface area contributed by atoms with Crippen LogP contribution in [0.2, 0.25) is 0 Å². The molecule has 0 aliphatic rings. The maximum absolute atomic E-state index is 10.9. The van der Waals surface area contributed by atoms with Crippen molar-refractivity contribution in [2.24, 2.45) is 11.5 Å². The van der Waals surface area contributed by atoms with Gasteiger partial charge in [-0.25, -0.2) is 0 Å². The highest BCUT2D eigenvalue weighted by atomic mass is 16.1. The van der Waals surface area contributed by atoms with Gasteiger partial charge in [-0.3, -0.25) is 4.79 Å². The van der Waals surface area contributed by atoms with E-state index in [1.54, 1.807) is 0 Å². The van der Waals surface area contributed by atoms with Crippen LogP contribution in [0.1, 0.15) is 11.1 Å². The fraction of sp³-hybridized carbons (Fsp3) is 0.417. The van der Waals surface area contributed by atoms with Crippen molar-refractivity contribution in [3.8, 4) is 0 Å². The quantitative estimate of drug-likeness (QED) is 0.780. The average Bonchev–Trinajstić information content (AvgIpc) is 2.16. The number of hydrogen-bond acceptors (Lipinski definition) is 3. The minimum Gasteiger partial charge on any atom is -0.372 e. The molecule has 1 aromatic carbocycles. The van der Waals surface area contributed by atoms with Crippen molar-refractivity contribution >= 4 is 11.6 Å². The highest BCUT2D eigenvalue weighted by molar-refractivity contribution is 5.80. The molecule has 0 spiro atoms. The summed E-state index contributed by atoms with van der Waals surface area (Å²) in [7, 11) is 1.90. The van der Waals surface area contributed by atoms with Gasteiger partial charge in [0.25, 0.3) is 0 Å². The molecule has 0 aromatic heterocycles. The SMILES string of the molecule is Cc1ccc(N(C)CC(N)C(N)=O)c(C)c1. The number of primary amides is 1. The van der Waals surface area contributed by atoms with Crippen LogP contribution < -0.4 is 16.4 Å². The lowest BCUT2D eigenvalue weighted by Crippen LogP contribution is -2.45. The fourth-order valence-electron chi connectivity index (χ4n) is 1.72. The Morgan fingerprint density at radius 3 is 2.56 bits per heavy atom. The number of benzene rings is 1. The Morgan fingerprint density at radius 1 is 1.44 bits per heavy atom. The van der Waals surface area contributed by atoms with Gasteiger partial charge in [0.1, 0.15) is 6.04 Å².